The van der Waals surface area contributed by atoms with Crippen LogP contribution < -0.4 is 10.2 Å². The van der Waals surface area contributed by atoms with Gasteiger partial charge in [-0.2, -0.15) is 0 Å². The van der Waals surface area contributed by atoms with E-state index in [4.69, 9.17) is 11.6 Å². The van der Waals surface area contributed by atoms with E-state index in [0.29, 0.717) is 18.1 Å². The number of benzene rings is 1. The summed E-state index contributed by atoms with van der Waals surface area (Å²) in [6.07, 6.45) is 3.79. The molecule has 0 spiro atoms. The summed E-state index contributed by atoms with van der Waals surface area (Å²) in [5.41, 5.74) is 2.46. The summed E-state index contributed by atoms with van der Waals surface area (Å²) in [5, 5.41) is 4.30. The predicted octanol–water partition coefficient (Wildman–Crippen LogP) is 4.61. The van der Waals surface area contributed by atoms with Crippen LogP contribution in [0.5, 0.6) is 0 Å². The fraction of sp³-hybridized carbons (Fsp3) is 0.647. The highest BCUT2D eigenvalue weighted by Gasteiger charge is 2.29. The van der Waals surface area contributed by atoms with Crippen molar-refractivity contribution in [1.82, 2.24) is 5.32 Å². The quantitative estimate of drug-likeness (QED) is 0.853. The first kappa shape index (κ1) is 15.7. The minimum atomic E-state index is 0.480. The van der Waals surface area contributed by atoms with Crippen LogP contribution in [-0.2, 0) is 6.54 Å². The van der Waals surface area contributed by atoms with Gasteiger partial charge in [0, 0.05) is 35.4 Å². The van der Waals surface area contributed by atoms with Gasteiger partial charge in [0.2, 0.25) is 0 Å². The number of rotatable bonds is 5. The topological polar surface area (TPSA) is 15.3 Å². The Kier molecular flexibility index (Phi) is 5.34. The van der Waals surface area contributed by atoms with E-state index < -0.39 is 0 Å². The van der Waals surface area contributed by atoms with Crippen LogP contribution in [0.4, 0.5) is 5.69 Å². The highest BCUT2D eigenvalue weighted by Crippen LogP contribution is 2.34. The van der Waals surface area contributed by atoms with Gasteiger partial charge in [0.15, 0.2) is 0 Å². The Morgan fingerprint density at radius 3 is 2.70 bits per heavy atom. The zero-order chi connectivity index (χ0) is 14.7. The lowest BCUT2D eigenvalue weighted by Crippen LogP contribution is -2.34. The molecule has 0 amide bonds. The van der Waals surface area contributed by atoms with Gasteiger partial charge >= 0.3 is 0 Å². The van der Waals surface area contributed by atoms with Crippen LogP contribution in [0.25, 0.3) is 0 Å². The van der Waals surface area contributed by atoms with Gasteiger partial charge < -0.3 is 10.2 Å². The zero-order valence-corrected chi connectivity index (χ0v) is 13.9. The monoisotopic (exact) mass is 294 g/mol. The molecule has 1 heterocycles. The lowest BCUT2D eigenvalue weighted by molar-refractivity contribution is 0.588. The summed E-state index contributed by atoms with van der Waals surface area (Å²) >= 11 is 6.46. The van der Waals surface area contributed by atoms with Gasteiger partial charge in [-0.1, -0.05) is 38.4 Å². The molecule has 0 bridgehead atoms. The van der Waals surface area contributed by atoms with Gasteiger partial charge in [0.1, 0.15) is 0 Å². The first-order valence-electron chi connectivity index (χ1n) is 7.83. The van der Waals surface area contributed by atoms with Gasteiger partial charge in [-0.3, -0.25) is 0 Å². The van der Waals surface area contributed by atoms with E-state index in [-0.39, 0.29) is 0 Å². The Labute approximate surface area is 128 Å². The van der Waals surface area contributed by atoms with Crippen LogP contribution in [0.3, 0.4) is 0 Å². The van der Waals surface area contributed by atoms with E-state index in [0.717, 1.165) is 11.6 Å². The number of hydrogen-bond donors (Lipinski definition) is 1. The van der Waals surface area contributed by atoms with Gasteiger partial charge in [-0.25, -0.2) is 0 Å². The Morgan fingerprint density at radius 2 is 2.10 bits per heavy atom. The molecule has 0 aliphatic carbocycles. The van der Waals surface area contributed by atoms with Crippen molar-refractivity contribution in [2.75, 3.05) is 4.90 Å². The summed E-state index contributed by atoms with van der Waals surface area (Å²) in [6, 6.07) is 8.31. The average molecular weight is 295 g/mol. The smallest absolute Gasteiger partial charge is 0.0471 e. The molecule has 0 aromatic heterocycles. The number of nitrogens with zero attached hydrogens (tertiary/aromatic N) is 1. The van der Waals surface area contributed by atoms with Crippen LogP contribution in [0.2, 0.25) is 5.02 Å². The fourth-order valence-corrected chi connectivity index (χ4v) is 3.33. The number of halogens is 1. The Hall–Kier alpha value is -0.730. The van der Waals surface area contributed by atoms with Gasteiger partial charge in [-0.15, -0.1) is 0 Å². The summed E-state index contributed by atoms with van der Waals surface area (Å²) in [5.74, 6) is 0. The van der Waals surface area contributed by atoms with Crippen LogP contribution >= 0.6 is 11.6 Å². The van der Waals surface area contributed by atoms with Crippen LogP contribution in [0.15, 0.2) is 18.2 Å². The van der Waals surface area contributed by atoms with Crippen molar-refractivity contribution in [3.05, 3.63) is 28.8 Å². The Morgan fingerprint density at radius 1 is 1.35 bits per heavy atom. The third-order valence-electron chi connectivity index (χ3n) is 4.29. The Balaban J connectivity index is 2.15. The standard InChI is InChI=1S/C17H27ClN2/c1-5-15-8-6-13(4)20(15)16-9-7-14(17(18)10-16)11-19-12(2)3/h7,9-10,12-13,15,19H,5-6,8,11H2,1-4H3. The molecule has 2 rings (SSSR count). The number of nitrogens with one attached hydrogen (secondary N) is 1. The van der Waals surface area contributed by atoms with E-state index in [1.54, 1.807) is 0 Å². The Bertz CT molecular complexity index is 445. The molecule has 3 heteroatoms. The summed E-state index contributed by atoms with van der Waals surface area (Å²) < 4.78 is 0. The van der Waals surface area contributed by atoms with Gasteiger partial charge in [-0.05, 0) is 43.9 Å². The highest BCUT2D eigenvalue weighted by atomic mass is 35.5. The second-order valence-corrected chi connectivity index (χ2v) is 6.61. The van der Waals surface area contributed by atoms with Crippen molar-refractivity contribution in [2.24, 2.45) is 0 Å². The lowest BCUT2D eigenvalue weighted by atomic mass is 10.1. The van der Waals surface area contributed by atoms with Crippen molar-refractivity contribution < 1.29 is 0 Å². The van der Waals surface area contributed by atoms with Crippen molar-refractivity contribution in [1.29, 1.82) is 0 Å². The van der Waals surface area contributed by atoms with E-state index in [1.807, 2.05) is 0 Å². The van der Waals surface area contributed by atoms with Crippen LogP contribution in [0.1, 0.15) is 52.5 Å². The lowest BCUT2D eigenvalue weighted by Gasteiger charge is -2.30. The minimum Gasteiger partial charge on any atom is -0.366 e. The third kappa shape index (κ3) is 3.48. The average Bonchev–Trinajstić information content (AvgIpc) is 2.78. The molecule has 1 aromatic rings. The maximum atomic E-state index is 6.46. The number of hydrogen-bond acceptors (Lipinski definition) is 2. The van der Waals surface area contributed by atoms with E-state index >= 15 is 0 Å². The first-order valence-corrected chi connectivity index (χ1v) is 8.20. The van der Waals surface area contributed by atoms with Gasteiger partial charge in [0.25, 0.3) is 0 Å². The third-order valence-corrected chi connectivity index (χ3v) is 4.64. The van der Waals surface area contributed by atoms with Crippen molar-refractivity contribution in [3.8, 4) is 0 Å². The molecule has 2 unspecified atom stereocenters. The summed E-state index contributed by atoms with van der Waals surface area (Å²) in [7, 11) is 0. The van der Waals surface area contributed by atoms with E-state index in [9.17, 15) is 0 Å². The maximum Gasteiger partial charge on any atom is 0.0471 e. The van der Waals surface area contributed by atoms with Crippen molar-refractivity contribution in [3.63, 3.8) is 0 Å². The van der Waals surface area contributed by atoms with E-state index in [1.165, 1.54) is 30.5 Å². The van der Waals surface area contributed by atoms with Crippen molar-refractivity contribution in [2.45, 2.75) is 71.6 Å². The van der Waals surface area contributed by atoms with Crippen LogP contribution in [-0.4, -0.2) is 18.1 Å². The van der Waals surface area contributed by atoms with Crippen LogP contribution in [0, 0.1) is 0 Å². The normalized spacial score (nSPS) is 22.8. The molecule has 1 aliphatic heterocycles. The maximum absolute atomic E-state index is 6.46. The molecule has 2 nitrogen and oxygen atoms in total. The van der Waals surface area contributed by atoms with Crippen molar-refractivity contribution >= 4 is 17.3 Å². The molecule has 1 aromatic carbocycles. The molecule has 0 saturated carbocycles. The van der Waals surface area contributed by atoms with E-state index in [2.05, 4.69) is 56.1 Å². The largest absolute Gasteiger partial charge is 0.366 e. The fourth-order valence-electron chi connectivity index (χ4n) is 3.09. The molecule has 1 saturated heterocycles. The molecule has 20 heavy (non-hydrogen) atoms. The molecule has 1 fully saturated rings. The number of anilines is 1. The SMILES string of the molecule is CCC1CCC(C)N1c1ccc(CNC(C)C)c(Cl)c1. The molecule has 1 N–H and O–H groups in total. The first-order chi connectivity index (χ1) is 9.52. The molecule has 1 aliphatic rings. The summed E-state index contributed by atoms with van der Waals surface area (Å²) in [4.78, 5) is 2.55. The minimum absolute atomic E-state index is 0.480. The molecule has 112 valence electrons. The molecule has 2 atom stereocenters. The van der Waals surface area contributed by atoms with Gasteiger partial charge in [0.05, 0.1) is 0 Å². The zero-order valence-electron chi connectivity index (χ0n) is 13.1. The second kappa shape index (κ2) is 6.82. The molecular formula is C17H27ClN2. The predicted molar refractivity (Wildman–Crippen MR) is 88.7 cm³/mol. The molecular weight excluding hydrogens is 268 g/mol. The molecule has 0 radical (unpaired) electrons. The summed E-state index contributed by atoms with van der Waals surface area (Å²) in [6.45, 7) is 9.74. The highest BCUT2D eigenvalue weighted by molar-refractivity contribution is 6.31. The second-order valence-electron chi connectivity index (χ2n) is 6.21.